The van der Waals surface area contributed by atoms with E-state index in [9.17, 15) is 9.18 Å². The maximum Gasteiger partial charge on any atom is 0.197 e. The number of hydrogen-bond donors (Lipinski definition) is 0. The summed E-state index contributed by atoms with van der Waals surface area (Å²) in [6.07, 6.45) is 1.73. The lowest BCUT2D eigenvalue weighted by molar-refractivity contribution is -0.214. The second-order valence-corrected chi connectivity index (χ2v) is 8.41. The largest absolute Gasteiger partial charge is 0.343 e. The summed E-state index contributed by atoms with van der Waals surface area (Å²) in [5.74, 6) is -0.750. The van der Waals surface area contributed by atoms with Crippen molar-refractivity contribution in [3.63, 3.8) is 0 Å². The van der Waals surface area contributed by atoms with Crippen molar-refractivity contribution in [2.75, 3.05) is 32.8 Å². The molecule has 5 rings (SSSR count). The zero-order valence-electron chi connectivity index (χ0n) is 17.4. The number of carbonyl (C=O) groups excluding carboxylic acids is 1. The molecule has 0 N–H and O–H groups in total. The van der Waals surface area contributed by atoms with Gasteiger partial charge >= 0.3 is 0 Å². The number of likely N-dealkylation sites (tertiary alicyclic amines) is 1. The van der Waals surface area contributed by atoms with E-state index in [-0.39, 0.29) is 17.5 Å². The predicted octanol–water partition coefficient (Wildman–Crippen LogP) is 4.77. The summed E-state index contributed by atoms with van der Waals surface area (Å²) in [5, 5.41) is 2.23. The molecule has 0 bridgehead atoms. The molecule has 0 atom stereocenters. The Balaban J connectivity index is 1.25. The van der Waals surface area contributed by atoms with Crippen LogP contribution in [-0.4, -0.2) is 43.5 Å². The van der Waals surface area contributed by atoms with E-state index in [1.807, 2.05) is 36.4 Å². The number of ketones is 1. The highest BCUT2D eigenvalue weighted by atomic mass is 19.1. The average molecular weight is 419 g/mol. The van der Waals surface area contributed by atoms with E-state index < -0.39 is 5.79 Å². The van der Waals surface area contributed by atoms with Crippen molar-refractivity contribution in [3.8, 4) is 0 Å². The van der Waals surface area contributed by atoms with E-state index in [4.69, 9.17) is 9.47 Å². The van der Waals surface area contributed by atoms with Gasteiger partial charge in [0.1, 0.15) is 5.82 Å². The molecule has 0 amide bonds. The molecule has 4 nitrogen and oxygen atoms in total. The van der Waals surface area contributed by atoms with E-state index in [0.717, 1.165) is 47.8 Å². The number of halogens is 1. The molecule has 2 aliphatic heterocycles. The minimum absolute atomic E-state index is 0.144. The van der Waals surface area contributed by atoms with Gasteiger partial charge in [0.05, 0.1) is 19.8 Å². The maximum atomic E-state index is 13.4. The lowest BCUT2D eigenvalue weighted by Crippen LogP contribution is -2.45. The van der Waals surface area contributed by atoms with Crippen molar-refractivity contribution in [1.82, 2.24) is 4.90 Å². The fourth-order valence-electron chi connectivity index (χ4n) is 4.88. The minimum atomic E-state index is -0.803. The Kier molecular flexibility index (Phi) is 5.57. The Morgan fingerprint density at radius 2 is 1.61 bits per heavy atom. The fourth-order valence-corrected chi connectivity index (χ4v) is 4.88. The van der Waals surface area contributed by atoms with Crippen molar-refractivity contribution in [2.45, 2.75) is 18.6 Å². The number of nitrogens with zero attached hydrogens (tertiary/aromatic N) is 1. The SMILES string of the molecule is O=C(CN1CCC(C2(c3ccc(F)cc3)OCCO2)CC1)c1ccc2ccccc2c1. The third-order valence-electron chi connectivity index (χ3n) is 6.53. The summed E-state index contributed by atoms with van der Waals surface area (Å²) < 4.78 is 25.6. The van der Waals surface area contributed by atoms with Crippen LogP contribution in [0.4, 0.5) is 4.39 Å². The van der Waals surface area contributed by atoms with E-state index in [2.05, 4.69) is 11.0 Å². The third kappa shape index (κ3) is 4.01. The molecular weight excluding hydrogens is 393 g/mol. The second-order valence-electron chi connectivity index (χ2n) is 8.41. The summed E-state index contributed by atoms with van der Waals surface area (Å²) in [6.45, 7) is 3.10. The van der Waals surface area contributed by atoms with Gasteiger partial charge in [-0.15, -0.1) is 0 Å². The Bertz CT molecular complexity index is 1070. The Morgan fingerprint density at radius 3 is 2.32 bits per heavy atom. The van der Waals surface area contributed by atoms with Crippen LogP contribution in [0.5, 0.6) is 0 Å². The molecule has 3 aromatic carbocycles. The third-order valence-corrected chi connectivity index (χ3v) is 6.53. The number of hydrogen-bond acceptors (Lipinski definition) is 4. The van der Waals surface area contributed by atoms with Crippen LogP contribution in [0.25, 0.3) is 10.8 Å². The maximum absolute atomic E-state index is 13.4. The summed E-state index contributed by atoms with van der Waals surface area (Å²) in [4.78, 5) is 15.1. The van der Waals surface area contributed by atoms with Gasteiger partial charge < -0.3 is 9.47 Å². The Morgan fingerprint density at radius 1 is 0.935 bits per heavy atom. The quantitative estimate of drug-likeness (QED) is 0.559. The number of rotatable bonds is 5. The smallest absolute Gasteiger partial charge is 0.197 e. The van der Waals surface area contributed by atoms with Gasteiger partial charge in [0.25, 0.3) is 0 Å². The van der Waals surface area contributed by atoms with Gasteiger partial charge in [-0.05, 0) is 54.9 Å². The normalized spacial score (nSPS) is 19.6. The van der Waals surface area contributed by atoms with Crippen molar-refractivity contribution >= 4 is 16.6 Å². The molecule has 2 fully saturated rings. The predicted molar refractivity (Wildman–Crippen MR) is 117 cm³/mol. The van der Waals surface area contributed by atoms with Gasteiger partial charge in [0, 0.05) is 17.0 Å². The lowest BCUT2D eigenvalue weighted by atomic mass is 9.84. The number of benzene rings is 3. The molecule has 0 spiro atoms. The standard InChI is InChI=1S/C26H26FNO3/c27-24-9-7-22(8-10-24)26(30-15-16-31-26)23-11-13-28(14-12-23)18-25(29)21-6-5-19-3-1-2-4-20(19)17-21/h1-10,17,23H,11-16,18H2. The van der Waals surface area contributed by atoms with Crippen molar-refractivity contribution in [1.29, 1.82) is 0 Å². The summed E-state index contributed by atoms with van der Waals surface area (Å²) in [5.41, 5.74) is 1.63. The zero-order chi connectivity index (χ0) is 21.3. The number of ether oxygens (including phenoxy) is 2. The van der Waals surface area contributed by atoms with Gasteiger partial charge in [-0.2, -0.15) is 0 Å². The molecule has 160 valence electrons. The monoisotopic (exact) mass is 419 g/mol. The lowest BCUT2D eigenvalue weighted by Gasteiger charge is -2.41. The van der Waals surface area contributed by atoms with Crippen molar-refractivity contribution < 1.29 is 18.7 Å². The number of Topliss-reactive ketones (excluding diaryl/α,β-unsaturated/α-hetero) is 1. The van der Waals surface area contributed by atoms with Gasteiger partial charge in [0.2, 0.25) is 0 Å². The molecule has 3 aromatic rings. The van der Waals surface area contributed by atoms with Crippen LogP contribution in [0.3, 0.4) is 0 Å². The van der Waals surface area contributed by atoms with Crippen LogP contribution in [0.15, 0.2) is 66.7 Å². The van der Waals surface area contributed by atoms with E-state index in [0.29, 0.717) is 19.8 Å². The Hall–Kier alpha value is -2.60. The van der Waals surface area contributed by atoms with Gasteiger partial charge in [-0.25, -0.2) is 4.39 Å². The number of fused-ring (bicyclic) bond motifs is 1. The van der Waals surface area contributed by atoms with Crippen molar-refractivity contribution in [3.05, 3.63) is 83.7 Å². The van der Waals surface area contributed by atoms with Crippen LogP contribution in [0, 0.1) is 11.7 Å². The molecular formula is C26H26FNO3. The van der Waals surface area contributed by atoms with E-state index in [1.165, 1.54) is 12.1 Å². The highest BCUT2D eigenvalue weighted by Crippen LogP contribution is 2.43. The summed E-state index contributed by atoms with van der Waals surface area (Å²) in [6, 6.07) is 20.4. The fraction of sp³-hybridized carbons (Fsp3) is 0.346. The topological polar surface area (TPSA) is 38.8 Å². The molecule has 31 heavy (non-hydrogen) atoms. The number of carbonyl (C=O) groups is 1. The van der Waals surface area contributed by atoms with Crippen molar-refractivity contribution in [2.24, 2.45) is 5.92 Å². The molecule has 2 heterocycles. The highest BCUT2D eigenvalue weighted by Gasteiger charge is 2.47. The van der Waals surface area contributed by atoms with E-state index in [1.54, 1.807) is 12.1 Å². The van der Waals surface area contributed by atoms with Gasteiger partial charge in [-0.1, -0.05) is 48.5 Å². The molecule has 2 saturated heterocycles. The Labute approximate surface area is 181 Å². The first kappa shape index (κ1) is 20.3. The molecule has 0 aromatic heterocycles. The zero-order valence-corrected chi connectivity index (χ0v) is 17.4. The molecule has 2 aliphatic rings. The van der Waals surface area contributed by atoms with Crippen LogP contribution in [0.2, 0.25) is 0 Å². The molecule has 0 radical (unpaired) electrons. The van der Waals surface area contributed by atoms with Crippen LogP contribution in [0.1, 0.15) is 28.8 Å². The molecule has 0 aliphatic carbocycles. The first-order valence-electron chi connectivity index (χ1n) is 10.9. The van der Waals surface area contributed by atoms with Crippen LogP contribution in [-0.2, 0) is 15.3 Å². The minimum Gasteiger partial charge on any atom is -0.343 e. The molecule has 0 saturated carbocycles. The van der Waals surface area contributed by atoms with E-state index >= 15 is 0 Å². The van der Waals surface area contributed by atoms with Gasteiger partial charge in [-0.3, -0.25) is 9.69 Å². The highest BCUT2D eigenvalue weighted by molar-refractivity contribution is 6.01. The number of piperidine rings is 1. The molecule has 5 heteroatoms. The van der Waals surface area contributed by atoms with Crippen LogP contribution < -0.4 is 0 Å². The van der Waals surface area contributed by atoms with Crippen LogP contribution >= 0.6 is 0 Å². The average Bonchev–Trinajstić information content (AvgIpc) is 3.31. The first-order valence-corrected chi connectivity index (χ1v) is 10.9. The first-order chi connectivity index (χ1) is 15.1. The van der Waals surface area contributed by atoms with Gasteiger partial charge in [0.15, 0.2) is 11.6 Å². The second kappa shape index (κ2) is 8.50. The summed E-state index contributed by atoms with van der Waals surface area (Å²) in [7, 11) is 0. The summed E-state index contributed by atoms with van der Waals surface area (Å²) >= 11 is 0. The molecule has 0 unspecified atom stereocenters.